The molecule has 22 heavy (non-hydrogen) atoms. The Hall–Kier alpha value is -3.16. The molecule has 0 saturated carbocycles. The molecule has 0 amide bonds. The van der Waals surface area contributed by atoms with Crippen LogP contribution in [0.1, 0.15) is 0 Å². The zero-order chi connectivity index (χ0) is 16.7. The van der Waals surface area contributed by atoms with Crippen molar-refractivity contribution in [2.45, 2.75) is 0 Å². The second kappa shape index (κ2) is 7.58. The van der Waals surface area contributed by atoms with Gasteiger partial charge in [0.25, 0.3) is 0 Å². The van der Waals surface area contributed by atoms with Crippen LogP contribution in [0.2, 0.25) is 0 Å². The first-order chi connectivity index (χ1) is 10.4. The summed E-state index contributed by atoms with van der Waals surface area (Å²) in [5, 5.41) is 28.3. The minimum absolute atomic E-state index is 0.0550. The highest BCUT2D eigenvalue weighted by Crippen LogP contribution is 2.29. The van der Waals surface area contributed by atoms with Crippen molar-refractivity contribution in [3.63, 3.8) is 0 Å². The van der Waals surface area contributed by atoms with Crippen molar-refractivity contribution in [3.05, 3.63) is 46.5 Å². The van der Waals surface area contributed by atoms with Gasteiger partial charge in [-0.3, -0.25) is 10.1 Å². The van der Waals surface area contributed by atoms with Gasteiger partial charge in [0.15, 0.2) is 5.75 Å². The molecule has 0 saturated heterocycles. The number of nitrogens with zero attached hydrogens (tertiary/aromatic N) is 1. The maximum absolute atomic E-state index is 10.2. The van der Waals surface area contributed by atoms with Crippen LogP contribution in [-0.4, -0.2) is 29.4 Å². The maximum atomic E-state index is 10.2. The van der Waals surface area contributed by atoms with Crippen molar-refractivity contribution >= 4 is 11.4 Å². The number of nitrogens with two attached hydrogens (primary N) is 1. The van der Waals surface area contributed by atoms with Gasteiger partial charge >= 0.3 is 5.69 Å². The number of hydrogen-bond donors (Lipinski definition) is 3. The molecule has 118 valence electrons. The second-order valence-corrected chi connectivity index (χ2v) is 4.04. The summed E-state index contributed by atoms with van der Waals surface area (Å²) >= 11 is 0. The Morgan fingerprint density at radius 1 is 1.00 bits per heavy atom. The van der Waals surface area contributed by atoms with E-state index in [0.717, 1.165) is 0 Å². The van der Waals surface area contributed by atoms with E-state index >= 15 is 0 Å². The van der Waals surface area contributed by atoms with Crippen LogP contribution in [0.5, 0.6) is 23.0 Å². The number of nitro benzene ring substituents is 1. The SMILES string of the molecule is COc1ccc(N)c(O)c1.COc1ccc([N+](=O)[O-])c(O)c1. The van der Waals surface area contributed by atoms with Crippen LogP contribution in [-0.2, 0) is 0 Å². The third-order valence-electron chi connectivity index (χ3n) is 2.62. The first-order valence-corrected chi connectivity index (χ1v) is 6.03. The molecule has 0 heterocycles. The number of rotatable bonds is 3. The van der Waals surface area contributed by atoms with Gasteiger partial charge in [-0.2, -0.15) is 0 Å². The van der Waals surface area contributed by atoms with E-state index in [9.17, 15) is 10.1 Å². The van der Waals surface area contributed by atoms with Crippen LogP contribution < -0.4 is 15.2 Å². The van der Waals surface area contributed by atoms with Crippen molar-refractivity contribution < 1.29 is 24.6 Å². The lowest BCUT2D eigenvalue weighted by Crippen LogP contribution is -1.89. The van der Waals surface area contributed by atoms with Gasteiger partial charge in [0.05, 0.1) is 24.8 Å². The molecule has 2 rings (SSSR count). The van der Waals surface area contributed by atoms with Crippen molar-refractivity contribution in [3.8, 4) is 23.0 Å². The number of hydrogen-bond acceptors (Lipinski definition) is 7. The van der Waals surface area contributed by atoms with Crippen molar-refractivity contribution in [1.29, 1.82) is 0 Å². The molecule has 0 atom stereocenters. The van der Waals surface area contributed by atoms with Crippen molar-refractivity contribution in [2.24, 2.45) is 0 Å². The van der Waals surface area contributed by atoms with Gasteiger partial charge < -0.3 is 25.4 Å². The number of aromatic hydroxyl groups is 2. The summed E-state index contributed by atoms with van der Waals surface area (Å²) in [6.45, 7) is 0. The zero-order valence-corrected chi connectivity index (χ0v) is 12.0. The third-order valence-corrected chi connectivity index (χ3v) is 2.62. The van der Waals surface area contributed by atoms with Gasteiger partial charge in [0.1, 0.15) is 17.2 Å². The molecule has 0 spiro atoms. The Bertz CT molecular complexity index is 660. The number of nitro groups is 1. The van der Waals surface area contributed by atoms with E-state index < -0.39 is 4.92 Å². The Balaban J connectivity index is 0.000000224. The molecule has 0 aromatic heterocycles. The second-order valence-electron chi connectivity index (χ2n) is 4.04. The van der Waals surface area contributed by atoms with Crippen LogP contribution in [0, 0.1) is 10.1 Å². The van der Waals surface area contributed by atoms with Crippen LogP contribution >= 0.6 is 0 Å². The molecule has 0 unspecified atom stereocenters. The molecule has 2 aromatic carbocycles. The van der Waals surface area contributed by atoms with Crippen LogP contribution in [0.4, 0.5) is 11.4 Å². The van der Waals surface area contributed by atoms with E-state index in [-0.39, 0.29) is 17.2 Å². The lowest BCUT2D eigenvalue weighted by Gasteiger charge is -2.01. The summed E-state index contributed by atoms with van der Waals surface area (Å²) in [5.41, 5.74) is 5.38. The average Bonchev–Trinajstić information content (AvgIpc) is 2.50. The summed E-state index contributed by atoms with van der Waals surface area (Å²) in [5.74, 6) is 0.656. The zero-order valence-electron chi connectivity index (χ0n) is 12.0. The smallest absolute Gasteiger partial charge is 0.310 e. The van der Waals surface area contributed by atoms with Gasteiger partial charge in [-0.05, 0) is 18.2 Å². The molecule has 0 aliphatic heterocycles. The molecule has 4 N–H and O–H groups in total. The molecule has 0 aliphatic carbocycles. The lowest BCUT2D eigenvalue weighted by molar-refractivity contribution is -0.385. The Morgan fingerprint density at radius 2 is 1.50 bits per heavy atom. The molecule has 0 radical (unpaired) electrons. The first-order valence-electron chi connectivity index (χ1n) is 6.03. The molecule has 8 nitrogen and oxygen atoms in total. The van der Waals surface area contributed by atoms with Crippen LogP contribution in [0.3, 0.4) is 0 Å². The highest BCUT2D eigenvalue weighted by molar-refractivity contribution is 5.54. The Labute approximate surface area is 126 Å². The van der Waals surface area contributed by atoms with Gasteiger partial charge in [-0.15, -0.1) is 0 Å². The minimum Gasteiger partial charge on any atom is -0.506 e. The Morgan fingerprint density at radius 3 is 1.91 bits per heavy atom. The third kappa shape index (κ3) is 4.44. The molecular weight excluding hydrogens is 292 g/mol. The predicted octanol–water partition coefficient (Wildman–Crippen LogP) is 2.29. The van der Waals surface area contributed by atoms with E-state index in [1.165, 1.54) is 38.5 Å². The fourth-order valence-corrected chi connectivity index (χ4v) is 1.44. The first kappa shape index (κ1) is 16.9. The Kier molecular flexibility index (Phi) is 5.82. The molecular formula is C14H16N2O6. The number of ether oxygens (including phenoxy) is 2. The maximum Gasteiger partial charge on any atom is 0.310 e. The van der Waals surface area contributed by atoms with E-state index in [4.69, 9.17) is 25.4 Å². The summed E-state index contributed by atoms with van der Waals surface area (Å²) in [6.07, 6.45) is 0. The van der Waals surface area contributed by atoms with Gasteiger partial charge in [0, 0.05) is 18.2 Å². The predicted molar refractivity (Wildman–Crippen MR) is 80.4 cm³/mol. The standard InChI is InChI=1S/C7H7NO4.C7H9NO2/c1-12-5-2-3-6(8(10)11)7(9)4-5;1-10-5-2-3-6(8)7(9)4-5/h2-4,9H,1H3;2-4,9H,8H2,1H3. The van der Waals surface area contributed by atoms with E-state index in [1.807, 2.05) is 0 Å². The van der Waals surface area contributed by atoms with Crippen LogP contribution in [0.25, 0.3) is 0 Å². The molecule has 0 fully saturated rings. The number of nitrogen functional groups attached to an aromatic ring is 1. The number of phenols is 2. The van der Waals surface area contributed by atoms with Crippen molar-refractivity contribution in [1.82, 2.24) is 0 Å². The number of phenolic OH excluding ortho intramolecular Hbond substituents is 2. The monoisotopic (exact) mass is 308 g/mol. The topological polar surface area (TPSA) is 128 Å². The lowest BCUT2D eigenvalue weighted by atomic mass is 10.3. The highest BCUT2D eigenvalue weighted by atomic mass is 16.6. The molecule has 2 aromatic rings. The number of methoxy groups -OCH3 is 2. The average molecular weight is 308 g/mol. The van der Waals surface area contributed by atoms with Gasteiger partial charge in [-0.1, -0.05) is 0 Å². The highest BCUT2D eigenvalue weighted by Gasteiger charge is 2.12. The molecule has 0 bridgehead atoms. The summed E-state index contributed by atoms with van der Waals surface area (Å²) in [4.78, 5) is 9.57. The van der Waals surface area contributed by atoms with E-state index in [0.29, 0.717) is 17.2 Å². The quantitative estimate of drug-likeness (QED) is 0.343. The fraction of sp³-hybridized carbons (Fsp3) is 0.143. The minimum atomic E-state index is -0.658. The van der Waals surface area contributed by atoms with Gasteiger partial charge in [0.2, 0.25) is 0 Å². The fourth-order valence-electron chi connectivity index (χ4n) is 1.44. The summed E-state index contributed by atoms with van der Waals surface area (Å²) < 4.78 is 9.58. The summed E-state index contributed by atoms with van der Waals surface area (Å²) in [6, 6.07) is 8.54. The summed E-state index contributed by atoms with van der Waals surface area (Å²) in [7, 11) is 2.95. The van der Waals surface area contributed by atoms with E-state index in [2.05, 4.69) is 0 Å². The van der Waals surface area contributed by atoms with E-state index in [1.54, 1.807) is 12.1 Å². The number of anilines is 1. The number of benzene rings is 2. The molecule has 0 aliphatic rings. The van der Waals surface area contributed by atoms with Crippen LogP contribution in [0.15, 0.2) is 36.4 Å². The van der Waals surface area contributed by atoms with Gasteiger partial charge in [-0.25, -0.2) is 0 Å². The largest absolute Gasteiger partial charge is 0.506 e. The van der Waals surface area contributed by atoms with Crippen molar-refractivity contribution in [2.75, 3.05) is 20.0 Å². The molecule has 8 heteroatoms. The normalized spacial score (nSPS) is 9.36.